The molecule has 1 fully saturated rings. The van der Waals surface area contributed by atoms with E-state index in [1.165, 1.54) is 0 Å². The average Bonchev–Trinajstić information content (AvgIpc) is 2.57. The predicted molar refractivity (Wildman–Crippen MR) is 60.0 cm³/mol. The lowest BCUT2D eigenvalue weighted by molar-refractivity contribution is -0.143. The molecule has 1 unspecified atom stereocenters. The van der Waals surface area contributed by atoms with Crippen LogP contribution in [0.25, 0.3) is 0 Å². The Balaban J connectivity index is 1.98. The summed E-state index contributed by atoms with van der Waals surface area (Å²) in [6.07, 6.45) is 3.51. The molecule has 0 spiro atoms. The lowest BCUT2D eigenvalue weighted by atomic mass is 10.2. The van der Waals surface area contributed by atoms with Crippen molar-refractivity contribution in [1.29, 1.82) is 0 Å². The molecule has 0 aromatic rings. The highest BCUT2D eigenvalue weighted by atomic mass is 16.7. The van der Waals surface area contributed by atoms with Crippen LogP contribution in [0.5, 0.6) is 0 Å². The maximum Gasteiger partial charge on any atom is 0.305 e. The van der Waals surface area contributed by atoms with Crippen molar-refractivity contribution >= 4 is 5.97 Å². The molecule has 1 saturated heterocycles. The third-order valence-electron chi connectivity index (χ3n) is 2.54. The first-order valence-corrected chi connectivity index (χ1v) is 6.01. The summed E-state index contributed by atoms with van der Waals surface area (Å²) in [5, 5.41) is 0. The van der Waals surface area contributed by atoms with Crippen molar-refractivity contribution in [3.63, 3.8) is 0 Å². The Morgan fingerprint density at radius 2 is 2.19 bits per heavy atom. The van der Waals surface area contributed by atoms with Crippen LogP contribution in [-0.2, 0) is 19.0 Å². The van der Waals surface area contributed by atoms with Crippen molar-refractivity contribution in [2.45, 2.75) is 58.3 Å². The fourth-order valence-electron chi connectivity index (χ4n) is 1.67. The molecule has 0 amide bonds. The highest BCUT2D eigenvalue weighted by molar-refractivity contribution is 5.68. The Labute approximate surface area is 97.2 Å². The zero-order valence-electron chi connectivity index (χ0n) is 10.5. The molecule has 0 bridgehead atoms. The Bertz CT molecular complexity index is 225. The second-order valence-corrected chi connectivity index (χ2v) is 4.52. The lowest BCUT2D eigenvalue weighted by Gasteiger charge is -2.16. The fourth-order valence-corrected chi connectivity index (χ4v) is 1.67. The third kappa shape index (κ3) is 4.94. The SMILES string of the molecule is CCC(=O)OCCCCC1COC(C)(C)O1. The first-order valence-electron chi connectivity index (χ1n) is 6.01. The molecule has 1 atom stereocenters. The highest BCUT2D eigenvalue weighted by Gasteiger charge is 2.31. The van der Waals surface area contributed by atoms with E-state index in [1.807, 2.05) is 13.8 Å². The van der Waals surface area contributed by atoms with Gasteiger partial charge in [0.15, 0.2) is 5.79 Å². The normalized spacial score (nSPS) is 23.3. The zero-order chi connectivity index (χ0) is 12.0. The van der Waals surface area contributed by atoms with Gasteiger partial charge in [-0.1, -0.05) is 6.92 Å². The van der Waals surface area contributed by atoms with Gasteiger partial charge in [-0.15, -0.1) is 0 Å². The van der Waals surface area contributed by atoms with Crippen LogP contribution in [0.1, 0.15) is 46.5 Å². The van der Waals surface area contributed by atoms with Gasteiger partial charge in [-0.3, -0.25) is 4.79 Å². The summed E-state index contributed by atoms with van der Waals surface area (Å²) < 4.78 is 16.1. The quantitative estimate of drug-likeness (QED) is 0.518. The fraction of sp³-hybridized carbons (Fsp3) is 0.917. The molecule has 0 aliphatic carbocycles. The lowest BCUT2D eigenvalue weighted by Crippen LogP contribution is -2.21. The summed E-state index contributed by atoms with van der Waals surface area (Å²) in [5.74, 6) is -0.555. The molecule has 1 aliphatic rings. The number of esters is 1. The van der Waals surface area contributed by atoms with E-state index in [1.54, 1.807) is 6.92 Å². The molecule has 94 valence electrons. The predicted octanol–water partition coefficient (Wildman–Crippen LogP) is 2.26. The molecule has 0 aromatic heterocycles. The third-order valence-corrected chi connectivity index (χ3v) is 2.54. The van der Waals surface area contributed by atoms with Crippen LogP contribution < -0.4 is 0 Å². The number of ether oxygens (including phenoxy) is 3. The molecule has 4 heteroatoms. The van der Waals surface area contributed by atoms with Gasteiger partial charge < -0.3 is 14.2 Å². The van der Waals surface area contributed by atoms with E-state index in [-0.39, 0.29) is 12.1 Å². The van der Waals surface area contributed by atoms with Crippen LogP contribution in [0.3, 0.4) is 0 Å². The molecule has 1 rings (SSSR count). The molecule has 1 heterocycles. The minimum Gasteiger partial charge on any atom is -0.466 e. The molecule has 16 heavy (non-hydrogen) atoms. The standard InChI is InChI=1S/C12H22O4/c1-4-11(13)14-8-6-5-7-10-9-15-12(2,3)16-10/h10H,4-9H2,1-3H3. The summed E-state index contributed by atoms with van der Waals surface area (Å²) in [6.45, 7) is 6.84. The molecular weight excluding hydrogens is 208 g/mol. The minimum absolute atomic E-state index is 0.124. The van der Waals surface area contributed by atoms with Gasteiger partial charge in [0, 0.05) is 6.42 Å². The maximum absolute atomic E-state index is 10.8. The van der Waals surface area contributed by atoms with E-state index < -0.39 is 5.79 Å². The Morgan fingerprint density at radius 3 is 2.75 bits per heavy atom. The average molecular weight is 230 g/mol. The van der Waals surface area contributed by atoms with Crippen LogP contribution in [-0.4, -0.2) is 31.1 Å². The Morgan fingerprint density at radius 1 is 1.44 bits per heavy atom. The molecule has 0 radical (unpaired) electrons. The zero-order valence-corrected chi connectivity index (χ0v) is 10.5. The van der Waals surface area contributed by atoms with Crippen molar-refractivity contribution in [2.75, 3.05) is 13.2 Å². The van der Waals surface area contributed by atoms with Gasteiger partial charge in [0.2, 0.25) is 0 Å². The van der Waals surface area contributed by atoms with Crippen molar-refractivity contribution < 1.29 is 19.0 Å². The molecule has 0 aromatic carbocycles. The van der Waals surface area contributed by atoms with Crippen molar-refractivity contribution in [1.82, 2.24) is 0 Å². The van der Waals surface area contributed by atoms with Crippen molar-refractivity contribution in [3.05, 3.63) is 0 Å². The Kier molecular flexibility index (Phi) is 5.22. The van der Waals surface area contributed by atoms with Crippen molar-refractivity contribution in [2.24, 2.45) is 0 Å². The number of rotatable bonds is 6. The molecular formula is C12H22O4. The van der Waals surface area contributed by atoms with E-state index in [0.717, 1.165) is 19.3 Å². The summed E-state index contributed by atoms with van der Waals surface area (Å²) >= 11 is 0. The van der Waals surface area contributed by atoms with Gasteiger partial charge in [-0.25, -0.2) is 0 Å². The van der Waals surface area contributed by atoms with Gasteiger partial charge in [0.05, 0.1) is 19.3 Å². The van der Waals surface area contributed by atoms with Crippen LogP contribution in [0, 0.1) is 0 Å². The number of hydrogen-bond donors (Lipinski definition) is 0. The smallest absolute Gasteiger partial charge is 0.305 e. The molecule has 0 N–H and O–H groups in total. The van der Waals surface area contributed by atoms with E-state index in [9.17, 15) is 4.79 Å². The van der Waals surface area contributed by atoms with Crippen molar-refractivity contribution in [3.8, 4) is 0 Å². The van der Waals surface area contributed by atoms with Crippen LogP contribution in [0.2, 0.25) is 0 Å². The van der Waals surface area contributed by atoms with E-state index in [4.69, 9.17) is 14.2 Å². The Hall–Kier alpha value is -0.610. The van der Waals surface area contributed by atoms with Gasteiger partial charge in [0.1, 0.15) is 0 Å². The summed E-state index contributed by atoms with van der Waals surface area (Å²) in [4.78, 5) is 10.8. The first-order chi connectivity index (χ1) is 7.53. The first kappa shape index (κ1) is 13.5. The summed E-state index contributed by atoms with van der Waals surface area (Å²) in [5.41, 5.74) is 0. The number of unbranched alkanes of at least 4 members (excludes halogenated alkanes) is 1. The maximum atomic E-state index is 10.8. The van der Waals surface area contributed by atoms with Gasteiger partial charge >= 0.3 is 5.97 Å². The second-order valence-electron chi connectivity index (χ2n) is 4.52. The van der Waals surface area contributed by atoms with Crippen LogP contribution in [0.4, 0.5) is 0 Å². The summed E-state index contributed by atoms with van der Waals surface area (Å²) in [6, 6.07) is 0. The van der Waals surface area contributed by atoms with E-state index in [2.05, 4.69) is 0 Å². The minimum atomic E-state index is -0.431. The van der Waals surface area contributed by atoms with Gasteiger partial charge in [0.25, 0.3) is 0 Å². The topological polar surface area (TPSA) is 44.8 Å². The van der Waals surface area contributed by atoms with E-state index >= 15 is 0 Å². The number of carbonyl (C=O) groups is 1. The summed E-state index contributed by atoms with van der Waals surface area (Å²) in [7, 11) is 0. The van der Waals surface area contributed by atoms with E-state index in [0.29, 0.717) is 19.6 Å². The van der Waals surface area contributed by atoms with Gasteiger partial charge in [-0.05, 0) is 33.1 Å². The second kappa shape index (κ2) is 6.21. The molecule has 4 nitrogen and oxygen atoms in total. The van der Waals surface area contributed by atoms with Gasteiger partial charge in [-0.2, -0.15) is 0 Å². The van der Waals surface area contributed by atoms with Crippen LogP contribution >= 0.6 is 0 Å². The molecule has 0 saturated carbocycles. The van der Waals surface area contributed by atoms with Crippen LogP contribution in [0.15, 0.2) is 0 Å². The molecule has 1 aliphatic heterocycles. The number of carbonyl (C=O) groups excluding carboxylic acids is 1. The largest absolute Gasteiger partial charge is 0.466 e. The monoisotopic (exact) mass is 230 g/mol. The number of hydrogen-bond acceptors (Lipinski definition) is 4. The highest BCUT2D eigenvalue weighted by Crippen LogP contribution is 2.24.